The van der Waals surface area contributed by atoms with Crippen molar-refractivity contribution in [3.63, 3.8) is 0 Å². The molecule has 0 unspecified atom stereocenters. The topological polar surface area (TPSA) is 93.1 Å². The van der Waals surface area contributed by atoms with Gasteiger partial charge in [0, 0.05) is 23.7 Å². The number of benzene rings is 2. The van der Waals surface area contributed by atoms with Crippen molar-refractivity contribution in [1.82, 2.24) is 14.4 Å². The Hall–Kier alpha value is -3.06. The molecule has 1 aromatic heterocycles. The summed E-state index contributed by atoms with van der Waals surface area (Å²) in [5.74, 6) is 1.32. The van der Waals surface area contributed by atoms with E-state index in [1.54, 1.807) is 12.1 Å². The molecule has 0 bridgehead atoms. The normalized spacial score (nSPS) is 16.2. The molecule has 3 aromatic rings. The average molecular weight is 509 g/mol. The Morgan fingerprint density at radius 3 is 2.75 bits per heavy atom. The van der Waals surface area contributed by atoms with E-state index in [4.69, 9.17) is 15.8 Å². The number of hydrogen-bond acceptors (Lipinski definition) is 6. The smallest absolute Gasteiger partial charge is 0.256 e. The minimum Gasteiger partial charge on any atom is -0.502 e. The van der Waals surface area contributed by atoms with Crippen molar-refractivity contribution in [2.75, 3.05) is 13.2 Å². The van der Waals surface area contributed by atoms with Gasteiger partial charge in [0.15, 0.2) is 0 Å². The zero-order chi connectivity index (χ0) is 26.0. The Morgan fingerprint density at radius 2 is 2.08 bits per heavy atom. The molecule has 0 saturated carbocycles. The summed E-state index contributed by atoms with van der Waals surface area (Å²) < 4.78 is 26.0. The van der Waals surface area contributed by atoms with Crippen LogP contribution in [-0.4, -0.2) is 47.8 Å². The van der Waals surface area contributed by atoms with Crippen LogP contribution in [-0.2, 0) is 17.4 Å². The van der Waals surface area contributed by atoms with Crippen molar-refractivity contribution >= 4 is 16.7 Å². The predicted octanol–water partition coefficient (Wildman–Crippen LogP) is 5.49. The van der Waals surface area contributed by atoms with Crippen LogP contribution in [0.5, 0.6) is 5.75 Å². The minimum absolute atomic E-state index is 0.0375. The van der Waals surface area contributed by atoms with Crippen molar-refractivity contribution in [2.45, 2.75) is 64.4 Å². The Balaban J connectivity index is 1.66. The first kappa shape index (κ1) is 26.0. The average Bonchev–Trinajstić information content (AvgIpc) is 3.49. The molecule has 0 aliphatic heterocycles. The van der Waals surface area contributed by atoms with E-state index >= 15 is 0 Å². The van der Waals surface area contributed by atoms with E-state index in [1.807, 2.05) is 57.1 Å². The summed E-state index contributed by atoms with van der Waals surface area (Å²) in [6.07, 6.45) is 1.54. The molecule has 0 amide bonds. The number of fused-ring (bicyclic) bond motifs is 1. The van der Waals surface area contributed by atoms with Crippen LogP contribution in [0, 0.1) is 6.57 Å². The Morgan fingerprint density at radius 1 is 1.31 bits per heavy atom. The van der Waals surface area contributed by atoms with Crippen molar-refractivity contribution in [2.24, 2.45) is 0 Å². The monoisotopic (exact) mass is 508 g/mol. The van der Waals surface area contributed by atoms with Crippen LogP contribution < -0.4 is 4.74 Å². The van der Waals surface area contributed by atoms with Crippen molar-refractivity contribution in [3.05, 3.63) is 58.9 Å². The third-order valence-corrected chi connectivity index (χ3v) is 7.91. The highest BCUT2D eigenvalue weighted by Crippen LogP contribution is 2.42. The molecule has 36 heavy (non-hydrogen) atoms. The highest BCUT2D eigenvalue weighted by molar-refractivity contribution is 7.84. The van der Waals surface area contributed by atoms with Crippen LogP contribution in [0.1, 0.15) is 58.2 Å². The molecule has 0 spiro atoms. The lowest BCUT2D eigenvalue weighted by atomic mass is 10.0. The molecule has 0 radical (unpaired) electrons. The van der Waals surface area contributed by atoms with Gasteiger partial charge in [0.25, 0.3) is 5.89 Å². The van der Waals surface area contributed by atoms with Crippen LogP contribution >= 0.6 is 0 Å². The van der Waals surface area contributed by atoms with E-state index in [2.05, 4.69) is 21.1 Å². The van der Waals surface area contributed by atoms with Gasteiger partial charge in [0.1, 0.15) is 16.7 Å². The van der Waals surface area contributed by atoms with Gasteiger partial charge in [-0.25, -0.2) is 13.4 Å². The summed E-state index contributed by atoms with van der Waals surface area (Å²) in [6, 6.07) is 11.2. The van der Waals surface area contributed by atoms with Crippen LogP contribution in [0.15, 0.2) is 40.9 Å². The van der Waals surface area contributed by atoms with E-state index in [0.29, 0.717) is 35.3 Å². The van der Waals surface area contributed by atoms with Crippen LogP contribution in [0.3, 0.4) is 0 Å². The molecule has 190 valence electrons. The first-order chi connectivity index (χ1) is 17.1. The summed E-state index contributed by atoms with van der Waals surface area (Å²) in [7, 11) is -1.26. The van der Waals surface area contributed by atoms with E-state index in [9.17, 15) is 9.32 Å². The van der Waals surface area contributed by atoms with Gasteiger partial charge in [-0.2, -0.15) is 4.98 Å². The Bertz CT molecular complexity index is 1310. The summed E-state index contributed by atoms with van der Waals surface area (Å²) in [5.41, 5.74) is 4.10. The fourth-order valence-corrected chi connectivity index (χ4v) is 5.89. The number of aliphatic hydroxyl groups is 1. The molecule has 8 nitrogen and oxygen atoms in total. The second-order valence-electron chi connectivity index (χ2n) is 10.0. The van der Waals surface area contributed by atoms with E-state index in [1.165, 1.54) is 0 Å². The quantitative estimate of drug-likeness (QED) is 0.405. The van der Waals surface area contributed by atoms with Crippen LogP contribution in [0.4, 0.5) is 5.69 Å². The van der Waals surface area contributed by atoms with Crippen molar-refractivity contribution in [3.8, 4) is 28.6 Å². The lowest BCUT2D eigenvalue weighted by molar-refractivity contribution is 0.230. The molecule has 1 N–H and O–H groups in total. The molecule has 9 heteroatoms. The fourth-order valence-electron chi connectivity index (χ4n) is 4.49. The maximum atomic E-state index is 13.3. The second kappa shape index (κ2) is 10.5. The number of hydrogen-bond donors (Lipinski definition) is 1. The molecule has 0 fully saturated rings. The van der Waals surface area contributed by atoms with Gasteiger partial charge >= 0.3 is 0 Å². The van der Waals surface area contributed by atoms with Gasteiger partial charge in [-0.15, -0.1) is 0 Å². The molecular formula is C27H32N4O4S. The molecule has 4 rings (SSSR count). The minimum atomic E-state index is -1.26. The molecule has 2 aromatic carbocycles. The predicted molar refractivity (Wildman–Crippen MR) is 140 cm³/mol. The maximum absolute atomic E-state index is 13.3. The number of aliphatic hydroxyl groups excluding tert-OH is 1. The number of nitrogens with zero attached hydrogens (tertiary/aromatic N) is 4. The third-order valence-electron chi connectivity index (χ3n) is 6.00. The highest BCUT2D eigenvalue weighted by Gasteiger charge is 2.36. The van der Waals surface area contributed by atoms with Crippen molar-refractivity contribution in [1.29, 1.82) is 0 Å². The summed E-state index contributed by atoms with van der Waals surface area (Å²) in [5, 5.41) is 13.9. The van der Waals surface area contributed by atoms with Gasteiger partial charge in [-0.3, -0.25) is 0 Å². The zero-order valence-corrected chi connectivity index (χ0v) is 22.1. The Labute approximate surface area is 214 Å². The standard InChI is InChI=1S/C27H32N4O4S/c1-17(2)34-24-13-10-18(16-22(24)28-6)26-29-25(30-35-26)21-9-7-8-20-19(21)11-12-23(20)31(14-15-32)36(33)27(3,4)5/h7-10,13,16-17,23,32H,11-12,14-15H2,1-5H3/t23-,36-/m0/s1. The largest absolute Gasteiger partial charge is 0.502 e. The van der Waals surface area contributed by atoms with Crippen LogP contribution in [0.2, 0.25) is 0 Å². The molecule has 2 atom stereocenters. The summed E-state index contributed by atoms with van der Waals surface area (Å²) >= 11 is 0. The molecule has 0 saturated heterocycles. The molecular weight excluding hydrogens is 476 g/mol. The first-order valence-corrected chi connectivity index (χ1v) is 13.2. The number of ether oxygens (including phenoxy) is 1. The summed E-state index contributed by atoms with van der Waals surface area (Å²) in [6.45, 7) is 17.4. The Kier molecular flexibility index (Phi) is 7.59. The van der Waals surface area contributed by atoms with Gasteiger partial charge in [-0.05, 0) is 76.8 Å². The van der Waals surface area contributed by atoms with E-state index < -0.39 is 15.7 Å². The van der Waals surface area contributed by atoms with Gasteiger partial charge in [-0.1, -0.05) is 23.4 Å². The fraction of sp³-hybridized carbons (Fsp3) is 0.444. The van der Waals surface area contributed by atoms with Crippen molar-refractivity contribution < 1.29 is 18.6 Å². The van der Waals surface area contributed by atoms with Gasteiger partial charge in [0.2, 0.25) is 11.5 Å². The van der Waals surface area contributed by atoms with Gasteiger partial charge < -0.3 is 14.4 Å². The maximum Gasteiger partial charge on any atom is 0.256 e. The molecule has 1 heterocycles. The van der Waals surface area contributed by atoms with E-state index in [0.717, 1.165) is 29.5 Å². The third kappa shape index (κ3) is 5.21. The second-order valence-corrected chi connectivity index (χ2v) is 12.2. The molecule has 1 aliphatic carbocycles. The van der Waals surface area contributed by atoms with Crippen LogP contribution in [0.25, 0.3) is 27.7 Å². The van der Waals surface area contributed by atoms with Gasteiger partial charge in [0.05, 0.1) is 24.0 Å². The number of rotatable bonds is 8. The lowest BCUT2D eigenvalue weighted by Gasteiger charge is -2.33. The SMILES string of the molecule is [C-]#[N+]c1cc(-c2nc(-c3cccc4c3CC[C@@H]4N(CCO)[S@@](=O)C(C)(C)C)no2)ccc1OC(C)C. The summed E-state index contributed by atoms with van der Waals surface area (Å²) in [4.78, 5) is 8.22. The molecule has 1 aliphatic rings. The number of aromatic nitrogens is 2. The lowest BCUT2D eigenvalue weighted by Crippen LogP contribution is -2.40. The van der Waals surface area contributed by atoms with E-state index in [-0.39, 0.29) is 18.8 Å². The first-order valence-electron chi connectivity index (χ1n) is 12.1. The zero-order valence-electron chi connectivity index (χ0n) is 21.3. The highest BCUT2D eigenvalue weighted by atomic mass is 32.2.